The summed E-state index contributed by atoms with van der Waals surface area (Å²) >= 11 is 0. The van der Waals surface area contributed by atoms with Gasteiger partial charge < -0.3 is 10.4 Å². The predicted molar refractivity (Wildman–Crippen MR) is 81.4 cm³/mol. The van der Waals surface area contributed by atoms with Crippen LogP contribution in [0.15, 0.2) is 12.1 Å². The van der Waals surface area contributed by atoms with E-state index < -0.39 is 17.1 Å². The second-order valence-corrected chi connectivity index (χ2v) is 6.05. The quantitative estimate of drug-likeness (QED) is 0.363. The number of nitrogens with one attached hydrogen (secondary N) is 1. The van der Waals surface area contributed by atoms with Crippen molar-refractivity contribution in [3.05, 3.63) is 45.3 Å². The van der Waals surface area contributed by atoms with E-state index >= 15 is 0 Å². The highest BCUT2D eigenvalue weighted by atomic mass is 19.1. The smallest absolute Gasteiger partial charge is 0.222 e. The van der Waals surface area contributed by atoms with Gasteiger partial charge in [0.2, 0.25) is 5.69 Å². The number of halogens is 1. The van der Waals surface area contributed by atoms with Crippen LogP contribution in [0.1, 0.15) is 42.3 Å². The highest BCUT2D eigenvalue weighted by molar-refractivity contribution is 5.46. The molecule has 2 aliphatic rings. The number of aryl methyl sites for hydroxylation is 1. The number of aromatic nitrogens is 3. The fourth-order valence-electron chi connectivity index (χ4n) is 3.25. The largest absolute Gasteiger partial charge is 0.692 e. The number of hydrogen-bond acceptors (Lipinski definition) is 5. The van der Waals surface area contributed by atoms with E-state index in [4.69, 9.17) is 11.3 Å². The van der Waals surface area contributed by atoms with E-state index in [0.717, 1.165) is 23.7 Å². The molecule has 25 heavy (non-hydrogen) atoms. The van der Waals surface area contributed by atoms with Gasteiger partial charge in [-0.15, -0.1) is 11.3 Å². The first-order chi connectivity index (χ1) is 12.1. The minimum atomic E-state index is -0.779. The molecule has 0 amide bonds. The van der Waals surface area contributed by atoms with Crippen LogP contribution in [0.2, 0.25) is 0 Å². The van der Waals surface area contributed by atoms with Gasteiger partial charge >= 0.3 is 0 Å². The summed E-state index contributed by atoms with van der Waals surface area (Å²) in [5.41, 5.74) is 1.55. The average Bonchev–Trinajstić information content (AvgIpc) is 2.94. The Balaban J connectivity index is 1.84. The lowest BCUT2D eigenvalue weighted by Gasteiger charge is -2.31. The normalized spacial score (nSPS) is 21.8. The van der Waals surface area contributed by atoms with Crippen LogP contribution in [0, 0.1) is 28.6 Å². The molecule has 2 heterocycles. The van der Waals surface area contributed by atoms with Crippen molar-refractivity contribution >= 4 is 0 Å². The van der Waals surface area contributed by atoms with E-state index in [9.17, 15) is 14.8 Å². The van der Waals surface area contributed by atoms with E-state index in [1.165, 1.54) is 6.07 Å². The molecule has 0 bridgehead atoms. The molecule has 2 aromatic rings. The van der Waals surface area contributed by atoms with Crippen LogP contribution in [0.4, 0.5) is 4.39 Å². The lowest BCUT2D eigenvalue weighted by atomic mass is 10.0. The summed E-state index contributed by atoms with van der Waals surface area (Å²) in [5.74, 6) is 1.75. The molecule has 130 valence electrons. The topological polar surface area (TPSA) is 90.7 Å². The van der Waals surface area contributed by atoms with Crippen molar-refractivity contribution in [1.82, 2.24) is 9.90 Å². The van der Waals surface area contributed by atoms with E-state index in [1.54, 1.807) is 0 Å². The van der Waals surface area contributed by atoms with E-state index in [-0.39, 0.29) is 17.9 Å². The second kappa shape index (κ2) is 6.00. The highest BCUT2D eigenvalue weighted by Crippen LogP contribution is 2.32. The molecule has 1 aliphatic carbocycles. The second-order valence-electron chi connectivity index (χ2n) is 6.05. The summed E-state index contributed by atoms with van der Waals surface area (Å²) in [6.45, 7) is 0. The lowest BCUT2D eigenvalue weighted by Crippen LogP contribution is -3.07. The summed E-state index contributed by atoms with van der Waals surface area (Å²) in [7, 11) is 0. The van der Waals surface area contributed by atoms with Crippen LogP contribution in [0.3, 0.4) is 0 Å². The Morgan fingerprint density at radius 3 is 3.00 bits per heavy atom. The Labute approximate surface area is 142 Å². The molecule has 0 saturated heterocycles. The standard InChI is InChI=1S/C16H15FN4O4/c1-2-5-13-10-8-15(11(17)9-16(10)24-25-21(13)23)19-18-12-6-3-4-7-14(12)20(19)22/h1,8-9,13,21H,3-7H2. The predicted octanol–water partition coefficient (Wildman–Crippen LogP) is 0.210. The molecule has 1 aromatic carbocycles. The molecule has 0 radical (unpaired) electrons. The Morgan fingerprint density at radius 1 is 1.44 bits per heavy atom. The van der Waals surface area contributed by atoms with Crippen molar-refractivity contribution in [2.24, 2.45) is 0 Å². The Hall–Kier alpha value is -2.67. The van der Waals surface area contributed by atoms with Crippen molar-refractivity contribution in [1.29, 1.82) is 0 Å². The number of benzene rings is 1. The third-order valence-corrected chi connectivity index (χ3v) is 4.52. The molecule has 8 nitrogen and oxygen atoms in total. The van der Waals surface area contributed by atoms with Crippen molar-refractivity contribution < 1.29 is 24.3 Å². The molecule has 9 heteroatoms. The van der Waals surface area contributed by atoms with Crippen LogP contribution in [-0.2, 0) is 17.8 Å². The average molecular weight is 346 g/mol. The molecule has 1 aromatic heterocycles. The zero-order valence-corrected chi connectivity index (χ0v) is 13.2. The van der Waals surface area contributed by atoms with Crippen LogP contribution < -0.4 is 15.0 Å². The maximum Gasteiger partial charge on any atom is 0.222 e. The number of rotatable bonds is 2. The van der Waals surface area contributed by atoms with Gasteiger partial charge in [-0.1, -0.05) is 5.92 Å². The van der Waals surface area contributed by atoms with Crippen LogP contribution in [0.25, 0.3) is 5.69 Å². The van der Waals surface area contributed by atoms with Crippen LogP contribution in [0.5, 0.6) is 5.75 Å². The minimum absolute atomic E-state index is 0.0523. The zero-order valence-electron chi connectivity index (χ0n) is 13.2. The molecule has 1 aliphatic heterocycles. The molecule has 1 N–H and O–H groups in total. The fourth-order valence-corrected chi connectivity index (χ4v) is 3.25. The van der Waals surface area contributed by atoms with Gasteiger partial charge in [-0.05, 0) is 23.7 Å². The van der Waals surface area contributed by atoms with Gasteiger partial charge in [-0.2, -0.15) is 5.23 Å². The third kappa shape index (κ3) is 2.51. The minimum Gasteiger partial charge on any atom is -0.692 e. The maximum absolute atomic E-state index is 14.5. The van der Waals surface area contributed by atoms with Crippen LogP contribution >= 0.6 is 0 Å². The molecule has 0 spiro atoms. The monoisotopic (exact) mass is 346 g/mol. The van der Waals surface area contributed by atoms with Crippen LogP contribution in [-0.4, -0.2) is 9.90 Å². The Bertz CT molecular complexity index is 876. The number of fused-ring (bicyclic) bond motifs is 2. The van der Waals surface area contributed by atoms with Crippen molar-refractivity contribution in [2.75, 3.05) is 0 Å². The lowest BCUT2D eigenvalue weighted by molar-refractivity contribution is -1.12. The summed E-state index contributed by atoms with van der Waals surface area (Å²) < 4.78 is 14.5. The summed E-state index contributed by atoms with van der Waals surface area (Å²) in [6, 6.07) is 1.67. The van der Waals surface area contributed by atoms with Gasteiger partial charge in [0.15, 0.2) is 29.0 Å². The first kappa shape index (κ1) is 15.8. The van der Waals surface area contributed by atoms with E-state index in [1.807, 2.05) is 0 Å². The Morgan fingerprint density at radius 2 is 2.24 bits per heavy atom. The van der Waals surface area contributed by atoms with Gasteiger partial charge in [0, 0.05) is 29.0 Å². The SMILES string of the molecule is C#CCC1c2cc(-n3nc4c([n+]3[O-])CCCC4)c(F)cc2OO[NH+]1[O-]. The van der Waals surface area contributed by atoms with Gasteiger partial charge in [0.1, 0.15) is 0 Å². The van der Waals surface area contributed by atoms with Gasteiger partial charge in [0.05, 0.1) is 12.0 Å². The third-order valence-electron chi connectivity index (χ3n) is 4.52. The van der Waals surface area contributed by atoms with Crippen molar-refractivity contribution in [3.63, 3.8) is 0 Å². The molecule has 0 fully saturated rings. The first-order valence-electron chi connectivity index (χ1n) is 7.96. The maximum atomic E-state index is 14.5. The summed E-state index contributed by atoms with van der Waals surface area (Å²) in [6.07, 6.45) is 8.52. The number of hydroxylamine groups is 2. The van der Waals surface area contributed by atoms with Gasteiger partial charge in [-0.3, -0.25) is 4.89 Å². The molecule has 4 rings (SSSR count). The molecular formula is C16H15FN4O4. The zero-order chi connectivity index (χ0) is 17.6. The number of terminal acetylenes is 1. The molecule has 2 atom stereocenters. The highest BCUT2D eigenvalue weighted by Gasteiger charge is 2.34. The Kier molecular flexibility index (Phi) is 3.80. The summed E-state index contributed by atoms with van der Waals surface area (Å²) in [4.78, 5) is 11.0. The molecule has 0 saturated carbocycles. The van der Waals surface area contributed by atoms with Gasteiger partial charge in [-0.25, -0.2) is 4.39 Å². The van der Waals surface area contributed by atoms with E-state index in [0.29, 0.717) is 34.6 Å². The molecular weight excluding hydrogens is 331 g/mol. The number of quaternary nitrogens is 1. The fraction of sp³-hybridized carbons (Fsp3) is 0.375. The number of nitrogens with zero attached hydrogens (tertiary/aromatic N) is 3. The van der Waals surface area contributed by atoms with Crippen molar-refractivity contribution in [3.8, 4) is 23.8 Å². The number of hydrogen-bond donors (Lipinski definition) is 1. The van der Waals surface area contributed by atoms with Crippen molar-refractivity contribution in [2.45, 2.75) is 38.1 Å². The first-order valence-corrected chi connectivity index (χ1v) is 7.96. The van der Waals surface area contributed by atoms with E-state index in [2.05, 4.69) is 16.0 Å². The molecule has 2 unspecified atom stereocenters. The summed E-state index contributed by atoms with van der Waals surface area (Å²) in [5, 5.41) is 28.0. The van der Waals surface area contributed by atoms with Gasteiger partial charge in [0.25, 0.3) is 0 Å².